The highest BCUT2D eigenvalue weighted by molar-refractivity contribution is 5.83. The van der Waals surface area contributed by atoms with Crippen molar-refractivity contribution in [2.24, 2.45) is 5.10 Å². The number of carbonyl (C=O) groups is 1. The molecule has 2 aromatic heterocycles. The van der Waals surface area contributed by atoms with E-state index in [0.717, 1.165) is 16.6 Å². The standard InChI is InChI=1S/C15H13N5O/c21-15(19-18-9-12-4-3-7-16-8-12)10-20-11-17-13-5-1-2-6-14(13)20/h1-9,11H,10H2,(H,19,21)/b18-9-. The maximum atomic E-state index is 11.9. The van der Waals surface area contributed by atoms with E-state index in [-0.39, 0.29) is 12.5 Å². The van der Waals surface area contributed by atoms with Crippen molar-refractivity contribution in [3.63, 3.8) is 0 Å². The first-order chi connectivity index (χ1) is 10.3. The van der Waals surface area contributed by atoms with E-state index in [2.05, 4.69) is 20.5 Å². The number of hydrogen-bond acceptors (Lipinski definition) is 4. The highest BCUT2D eigenvalue weighted by Gasteiger charge is 2.05. The van der Waals surface area contributed by atoms with Crippen LogP contribution in [0.2, 0.25) is 0 Å². The van der Waals surface area contributed by atoms with E-state index in [0.29, 0.717) is 0 Å². The molecule has 6 nitrogen and oxygen atoms in total. The molecule has 0 fully saturated rings. The molecule has 0 unspecified atom stereocenters. The summed E-state index contributed by atoms with van der Waals surface area (Å²) in [5.74, 6) is -0.210. The van der Waals surface area contributed by atoms with Crippen LogP contribution in [-0.2, 0) is 11.3 Å². The van der Waals surface area contributed by atoms with Gasteiger partial charge in [0.05, 0.1) is 23.6 Å². The molecule has 0 aliphatic carbocycles. The Morgan fingerprint density at radius 1 is 1.29 bits per heavy atom. The van der Waals surface area contributed by atoms with Gasteiger partial charge in [0.2, 0.25) is 0 Å². The van der Waals surface area contributed by atoms with Gasteiger partial charge in [-0.1, -0.05) is 18.2 Å². The molecule has 0 bridgehead atoms. The van der Waals surface area contributed by atoms with Crippen molar-refractivity contribution >= 4 is 23.2 Å². The van der Waals surface area contributed by atoms with Gasteiger partial charge in [0.15, 0.2) is 0 Å². The quantitative estimate of drug-likeness (QED) is 0.582. The number of hydrazone groups is 1. The predicted octanol–water partition coefficient (Wildman–Crippen LogP) is 1.58. The minimum atomic E-state index is -0.210. The lowest BCUT2D eigenvalue weighted by Crippen LogP contribution is -2.22. The molecule has 3 aromatic rings. The van der Waals surface area contributed by atoms with E-state index in [4.69, 9.17) is 0 Å². The number of nitrogens with one attached hydrogen (secondary N) is 1. The fraction of sp³-hybridized carbons (Fsp3) is 0.0667. The zero-order chi connectivity index (χ0) is 14.5. The summed E-state index contributed by atoms with van der Waals surface area (Å²) in [7, 11) is 0. The molecular formula is C15H13N5O. The van der Waals surface area contributed by atoms with Crippen LogP contribution in [0.3, 0.4) is 0 Å². The largest absolute Gasteiger partial charge is 0.321 e. The Balaban J connectivity index is 1.63. The average Bonchev–Trinajstić information content (AvgIpc) is 2.92. The first kappa shape index (κ1) is 13.0. The van der Waals surface area contributed by atoms with E-state index in [1.54, 1.807) is 35.6 Å². The summed E-state index contributed by atoms with van der Waals surface area (Å²) in [6, 6.07) is 11.3. The second kappa shape index (κ2) is 5.96. The number of amides is 1. The molecule has 1 aromatic carbocycles. The second-order valence-corrected chi connectivity index (χ2v) is 4.44. The number of benzene rings is 1. The molecule has 0 aliphatic heterocycles. The van der Waals surface area contributed by atoms with Gasteiger partial charge in [-0.15, -0.1) is 0 Å². The van der Waals surface area contributed by atoms with Gasteiger partial charge in [0, 0.05) is 18.0 Å². The third kappa shape index (κ3) is 3.11. The number of fused-ring (bicyclic) bond motifs is 1. The van der Waals surface area contributed by atoms with Crippen LogP contribution in [0.1, 0.15) is 5.56 Å². The summed E-state index contributed by atoms with van der Waals surface area (Å²) in [5.41, 5.74) is 5.10. The number of rotatable bonds is 4. The molecule has 1 N–H and O–H groups in total. The number of para-hydroxylation sites is 2. The lowest BCUT2D eigenvalue weighted by Gasteiger charge is -2.02. The van der Waals surface area contributed by atoms with E-state index in [1.165, 1.54) is 0 Å². The maximum absolute atomic E-state index is 11.9. The van der Waals surface area contributed by atoms with Gasteiger partial charge in [-0.2, -0.15) is 5.10 Å². The van der Waals surface area contributed by atoms with Gasteiger partial charge < -0.3 is 4.57 Å². The Morgan fingerprint density at radius 3 is 3.05 bits per heavy atom. The third-order valence-corrected chi connectivity index (χ3v) is 2.93. The molecule has 6 heteroatoms. The van der Waals surface area contributed by atoms with Crippen LogP contribution in [0.4, 0.5) is 0 Å². The molecule has 0 saturated carbocycles. The van der Waals surface area contributed by atoms with Gasteiger partial charge in [-0.05, 0) is 18.2 Å². The summed E-state index contributed by atoms with van der Waals surface area (Å²) in [6.45, 7) is 0.172. The summed E-state index contributed by atoms with van der Waals surface area (Å²) in [5, 5.41) is 3.90. The number of nitrogens with zero attached hydrogens (tertiary/aromatic N) is 4. The number of carbonyl (C=O) groups excluding carboxylic acids is 1. The molecule has 3 rings (SSSR count). The van der Waals surface area contributed by atoms with Crippen molar-refractivity contribution in [3.05, 3.63) is 60.7 Å². The SMILES string of the molecule is O=C(Cn1cnc2ccccc21)N/N=C\c1cccnc1. The van der Waals surface area contributed by atoms with Gasteiger partial charge in [-0.3, -0.25) is 9.78 Å². The van der Waals surface area contributed by atoms with Gasteiger partial charge >= 0.3 is 0 Å². The zero-order valence-electron chi connectivity index (χ0n) is 11.2. The first-order valence-electron chi connectivity index (χ1n) is 6.45. The lowest BCUT2D eigenvalue weighted by atomic mass is 10.3. The zero-order valence-corrected chi connectivity index (χ0v) is 11.2. The van der Waals surface area contributed by atoms with Crippen LogP contribution in [0.5, 0.6) is 0 Å². The molecular weight excluding hydrogens is 266 g/mol. The Hall–Kier alpha value is -3.02. The maximum Gasteiger partial charge on any atom is 0.260 e. The van der Waals surface area contributed by atoms with Crippen molar-refractivity contribution < 1.29 is 4.79 Å². The third-order valence-electron chi connectivity index (χ3n) is 2.93. The van der Waals surface area contributed by atoms with Crippen molar-refractivity contribution in [3.8, 4) is 0 Å². The molecule has 21 heavy (non-hydrogen) atoms. The van der Waals surface area contributed by atoms with Gasteiger partial charge in [-0.25, -0.2) is 10.4 Å². The molecule has 0 spiro atoms. The van der Waals surface area contributed by atoms with E-state index >= 15 is 0 Å². The monoisotopic (exact) mass is 279 g/mol. The normalized spacial score (nSPS) is 11.0. The minimum Gasteiger partial charge on any atom is -0.321 e. The van der Waals surface area contributed by atoms with Crippen molar-refractivity contribution in [2.45, 2.75) is 6.54 Å². The van der Waals surface area contributed by atoms with Crippen molar-refractivity contribution in [2.75, 3.05) is 0 Å². The Morgan fingerprint density at radius 2 is 2.19 bits per heavy atom. The highest BCUT2D eigenvalue weighted by Crippen LogP contribution is 2.11. The van der Waals surface area contributed by atoms with Crippen LogP contribution < -0.4 is 5.43 Å². The molecule has 0 atom stereocenters. The molecule has 0 aliphatic rings. The minimum absolute atomic E-state index is 0.172. The van der Waals surface area contributed by atoms with Crippen LogP contribution in [0.15, 0.2) is 60.2 Å². The Bertz CT molecular complexity index is 779. The Labute approximate surface area is 121 Å². The second-order valence-electron chi connectivity index (χ2n) is 4.44. The number of pyridine rings is 1. The summed E-state index contributed by atoms with van der Waals surface area (Å²) in [4.78, 5) is 20.1. The lowest BCUT2D eigenvalue weighted by molar-refractivity contribution is -0.121. The van der Waals surface area contributed by atoms with E-state index < -0.39 is 0 Å². The highest BCUT2D eigenvalue weighted by atomic mass is 16.2. The summed E-state index contributed by atoms with van der Waals surface area (Å²) < 4.78 is 1.78. The van der Waals surface area contributed by atoms with Crippen molar-refractivity contribution in [1.29, 1.82) is 0 Å². The van der Waals surface area contributed by atoms with Crippen LogP contribution in [0.25, 0.3) is 11.0 Å². The first-order valence-corrected chi connectivity index (χ1v) is 6.45. The number of hydrogen-bond donors (Lipinski definition) is 1. The Kier molecular flexibility index (Phi) is 3.68. The fourth-order valence-electron chi connectivity index (χ4n) is 1.96. The summed E-state index contributed by atoms with van der Waals surface area (Å²) in [6.07, 6.45) is 6.55. The average molecular weight is 279 g/mol. The van der Waals surface area contributed by atoms with Crippen LogP contribution >= 0.6 is 0 Å². The number of imidazole rings is 1. The topological polar surface area (TPSA) is 72.2 Å². The molecule has 0 saturated heterocycles. The molecule has 2 heterocycles. The van der Waals surface area contributed by atoms with E-state index in [1.807, 2.05) is 30.3 Å². The molecule has 104 valence electrons. The van der Waals surface area contributed by atoms with Gasteiger partial charge in [0.1, 0.15) is 6.54 Å². The van der Waals surface area contributed by atoms with Crippen molar-refractivity contribution in [1.82, 2.24) is 20.0 Å². The van der Waals surface area contributed by atoms with Crippen LogP contribution in [0, 0.1) is 0 Å². The van der Waals surface area contributed by atoms with Crippen LogP contribution in [-0.4, -0.2) is 26.7 Å². The number of aromatic nitrogens is 3. The fourth-order valence-corrected chi connectivity index (χ4v) is 1.96. The van der Waals surface area contributed by atoms with E-state index in [9.17, 15) is 4.79 Å². The molecule has 0 radical (unpaired) electrons. The molecule has 1 amide bonds. The summed E-state index contributed by atoms with van der Waals surface area (Å²) >= 11 is 0. The smallest absolute Gasteiger partial charge is 0.260 e. The van der Waals surface area contributed by atoms with Gasteiger partial charge in [0.25, 0.3) is 5.91 Å². The predicted molar refractivity (Wildman–Crippen MR) is 79.7 cm³/mol.